The molecule has 2 aromatic rings. The van der Waals surface area contributed by atoms with Crippen LogP contribution in [0.15, 0.2) is 47.4 Å². The van der Waals surface area contributed by atoms with Gasteiger partial charge in [-0.15, -0.1) is 0 Å². The Kier molecular flexibility index (Phi) is 4.37. The van der Waals surface area contributed by atoms with E-state index in [1.54, 1.807) is 19.2 Å². The Bertz CT molecular complexity index is 908. The molecule has 0 N–H and O–H groups in total. The Labute approximate surface area is 152 Å². The van der Waals surface area contributed by atoms with Crippen molar-refractivity contribution in [2.24, 2.45) is 0 Å². The number of hydrogen-bond donors (Lipinski definition) is 0. The lowest BCUT2D eigenvalue weighted by atomic mass is 10.2. The fourth-order valence-electron chi connectivity index (χ4n) is 3.25. The monoisotopic (exact) mass is 376 g/mol. The Morgan fingerprint density at radius 3 is 2.46 bits per heavy atom. The number of fused-ring (bicyclic) bond motifs is 1. The van der Waals surface area contributed by atoms with Crippen LogP contribution < -0.4 is 19.1 Å². The Hall–Kier alpha value is -2.45. The maximum absolute atomic E-state index is 12.9. The standard InChI is InChI=1S/C18H20N2O5S/c1-23-16-5-3-2-4-15(16)19-8-10-20(11-9-19)26(21,22)14-6-7-17-18(12-14)25-13-24-17/h2-7,12H,8-11,13H2,1H3. The molecule has 8 heteroatoms. The smallest absolute Gasteiger partial charge is 0.243 e. The third-order valence-electron chi connectivity index (χ3n) is 4.65. The Morgan fingerprint density at radius 2 is 1.69 bits per heavy atom. The summed E-state index contributed by atoms with van der Waals surface area (Å²) in [6.07, 6.45) is 0. The van der Waals surface area contributed by atoms with Crippen molar-refractivity contribution in [3.8, 4) is 17.2 Å². The zero-order chi connectivity index (χ0) is 18.1. The summed E-state index contributed by atoms with van der Waals surface area (Å²) >= 11 is 0. The summed E-state index contributed by atoms with van der Waals surface area (Å²) in [6.45, 7) is 2.15. The molecule has 2 aliphatic heterocycles. The average Bonchev–Trinajstić information content (AvgIpc) is 3.16. The maximum atomic E-state index is 12.9. The zero-order valence-electron chi connectivity index (χ0n) is 14.4. The van der Waals surface area contributed by atoms with Crippen molar-refractivity contribution in [1.82, 2.24) is 4.31 Å². The summed E-state index contributed by atoms with van der Waals surface area (Å²) < 4.78 is 43.3. The van der Waals surface area contributed by atoms with Crippen molar-refractivity contribution < 1.29 is 22.6 Å². The number of sulfonamides is 1. The number of anilines is 1. The predicted molar refractivity (Wildman–Crippen MR) is 96.5 cm³/mol. The second-order valence-corrected chi connectivity index (χ2v) is 8.02. The summed E-state index contributed by atoms with van der Waals surface area (Å²) in [5, 5.41) is 0. The lowest BCUT2D eigenvalue weighted by molar-refractivity contribution is 0.174. The van der Waals surface area contributed by atoms with E-state index in [1.165, 1.54) is 10.4 Å². The number of ether oxygens (including phenoxy) is 3. The molecule has 0 atom stereocenters. The number of methoxy groups -OCH3 is 1. The van der Waals surface area contributed by atoms with E-state index in [0.717, 1.165) is 11.4 Å². The molecule has 0 spiro atoms. The van der Waals surface area contributed by atoms with Crippen LogP contribution in [0.4, 0.5) is 5.69 Å². The fraction of sp³-hybridized carbons (Fsp3) is 0.333. The van der Waals surface area contributed by atoms with Crippen LogP contribution in [0.2, 0.25) is 0 Å². The molecule has 138 valence electrons. The van der Waals surface area contributed by atoms with Crippen LogP contribution in [0.3, 0.4) is 0 Å². The highest BCUT2D eigenvalue weighted by molar-refractivity contribution is 7.89. The van der Waals surface area contributed by atoms with Crippen LogP contribution >= 0.6 is 0 Å². The first kappa shape index (κ1) is 17.0. The van der Waals surface area contributed by atoms with Crippen LogP contribution in [0.5, 0.6) is 17.2 Å². The van der Waals surface area contributed by atoms with Gasteiger partial charge in [0.25, 0.3) is 0 Å². The quantitative estimate of drug-likeness (QED) is 0.812. The molecule has 2 aliphatic rings. The SMILES string of the molecule is COc1ccccc1N1CCN(S(=O)(=O)c2ccc3c(c2)OCO3)CC1. The molecule has 7 nitrogen and oxygen atoms in total. The molecular formula is C18H20N2O5S. The molecule has 4 rings (SSSR count). The van der Waals surface area contributed by atoms with Crippen LogP contribution in [0.25, 0.3) is 0 Å². The molecule has 1 fully saturated rings. The molecule has 26 heavy (non-hydrogen) atoms. The van der Waals surface area contributed by atoms with Crippen LogP contribution in [-0.2, 0) is 10.0 Å². The maximum Gasteiger partial charge on any atom is 0.243 e. The molecule has 1 saturated heterocycles. The third-order valence-corrected chi connectivity index (χ3v) is 6.54. The Morgan fingerprint density at radius 1 is 0.962 bits per heavy atom. The van der Waals surface area contributed by atoms with Gasteiger partial charge in [0, 0.05) is 32.2 Å². The second kappa shape index (κ2) is 6.69. The first-order chi connectivity index (χ1) is 12.6. The lowest BCUT2D eigenvalue weighted by Gasteiger charge is -2.35. The van der Waals surface area contributed by atoms with Gasteiger partial charge in [-0.3, -0.25) is 0 Å². The van der Waals surface area contributed by atoms with Gasteiger partial charge in [0.2, 0.25) is 16.8 Å². The first-order valence-corrected chi connectivity index (χ1v) is 9.81. The normalized spacial score (nSPS) is 17.3. The molecule has 0 unspecified atom stereocenters. The number of benzene rings is 2. The summed E-state index contributed by atoms with van der Waals surface area (Å²) in [7, 11) is -1.93. The number of para-hydroxylation sites is 2. The van der Waals surface area contributed by atoms with E-state index >= 15 is 0 Å². The van der Waals surface area contributed by atoms with Crippen molar-refractivity contribution in [3.05, 3.63) is 42.5 Å². The summed E-state index contributed by atoms with van der Waals surface area (Å²) in [5.74, 6) is 1.84. The van der Waals surface area contributed by atoms with Crippen LogP contribution in [0.1, 0.15) is 0 Å². The van der Waals surface area contributed by atoms with Gasteiger partial charge in [-0.2, -0.15) is 4.31 Å². The Balaban J connectivity index is 1.50. The molecule has 0 aromatic heterocycles. The predicted octanol–water partition coefficient (Wildman–Crippen LogP) is 1.93. The highest BCUT2D eigenvalue weighted by atomic mass is 32.2. The van der Waals surface area contributed by atoms with E-state index in [1.807, 2.05) is 24.3 Å². The van der Waals surface area contributed by atoms with E-state index in [0.29, 0.717) is 37.7 Å². The zero-order valence-corrected chi connectivity index (χ0v) is 15.2. The fourth-order valence-corrected chi connectivity index (χ4v) is 4.68. The largest absolute Gasteiger partial charge is 0.495 e. The minimum Gasteiger partial charge on any atom is -0.495 e. The number of nitrogens with zero attached hydrogens (tertiary/aromatic N) is 2. The summed E-state index contributed by atoms with van der Waals surface area (Å²) in [6, 6.07) is 12.5. The van der Waals surface area contributed by atoms with E-state index in [2.05, 4.69) is 4.90 Å². The van der Waals surface area contributed by atoms with E-state index < -0.39 is 10.0 Å². The van der Waals surface area contributed by atoms with Gasteiger partial charge in [0.15, 0.2) is 11.5 Å². The van der Waals surface area contributed by atoms with Crippen LogP contribution in [-0.4, -0.2) is 52.8 Å². The van der Waals surface area contributed by atoms with Crippen molar-refractivity contribution in [2.75, 3.05) is 45.0 Å². The molecule has 0 aliphatic carbocycles. The first-order valence-electron chi connectivity index (χ1n) is 8.37. The lowest BCUT2D eigenvalue weighted by Crippen LogP contribution is -2.48. The molecular weight excluding hydrogens is 356 g/mol. The van der Waals surface area contributed by atoms with Crippen molar-refractivity contribution in [2.45, 2.75) is 4.90 Å². The highest BCUT2D eigenvalue weighted by Gasteiger charge is 2.30. The van der Waals surface area contributed by atoms with Gasteiger partial charge in [-0.25, -0.2) is 8.42 Å². The minimum absolute atomic E-state index is 0.121. The molecule has 0 bridgehead atoms. The van der Waals surface area contributed by atoms with Gasteiger partial charge < -0.3 is 19.1 Å². The molecule has 2 aromatic carbocycles. The molecule has 0 radical (unpaired) electrons. The van der Waals surface area contributed by atoms with Crippen molar-refractivity contribution in [3.63, 3.8) is 0 Å². The van der Waals surface area contributed by atoms with Gasteiger partial charge in [-0.05, 0) is 24.3 Å². The molecule has 0 amide bonds. The topological polar surface area (TPSA) is 68.3 Å². The number of piperazine rings is 1. The summed E-state index contributed by atoms with van der Waals surface area (Å²) in [5.41, 5.74) is 0.982. The van der Waals surface area contributed by atoms with Gasteiger partial charge in [-0.1, -0.05) is 12.1 Å². The average molecular weight is 376 g/mol. The third kappa shape index (κ3) is 2.95. The summed E-state index contributed by atoms with van der Waals surface area (Å²) in [4.78, 5) is 2.37. The van der Waals surface area contributed by atoms with Crippen molar-refractivity contribution in [1.29, 1.82) is 0 Å². The molecule has 2 heterocycles. The van der Waals surface area contributed by atoms with E-state index in [-0.39, 0.29) is 11.7 Å². The van der Waals surface area contributed by atoms with Gasteiger partial charge >= 0.3 is 0 Å². The highest BCUT2D eigenvalue weighted by Crippen LogP contribution is 2.35. The number of hydrogen-bond acceptors (Lipinski definition) is 6. The second-order valence-electron chi connectivity index (χ2n) is 6.08. The van der Waals surface area contributed by atoms with E-state index in [4.69, 9.17) is 14.2 Å². The minimum atomic E-state index is -3.57. The molecule has 0 saturated carbocycles. The number of rotatable bonds is 4. The van der Waals surface area contributed by atoms with Crippen molar-refractivity contribution >= 4 is 15.7 Å². The van der Waals surface area contributed by atoms with Crippen LogP contribution in [0, 0.1) is 0 Å². The van der Waals surface area contributed by atoms with E-state index in [9.17, 15) is 8.42 Å². The van der Waals surface area contributed by atoms with Gasteiger partial charge in [0.05, 0.1) is 17.7 Å². The van der Waals surface area contributed by atoms with Gasteiger partial charge in [0.1, 0.15) is 5.75 Å².